The van der Waals surface area contributed by atoms with Crippen LogP contribution in [0.4, 0.5) is 20.2 Å². The lowest BCUT2D eigenvalue weighted by molar-refractivity contribution is 0.102. The highest BCUT2D eigenvalue weighted by atomic mass is 19.1. The summed E-state index contributed by atoms with van der Waals surface area (Å²) >= 11 is 0. The van der Waals surface area contributed by atoms with Gasteiger partial charge in [0, 0.05) is 23.1 Å². The van der Waals surface area contributed by atoms with Gasteiger partial charge in [-0.05, 0) is 31.2 Å². The number of rotatable bonds is 3. The molecule has 4 N–H and O–H groups in total. The van der Waals surface area contributed by atoms with Crippen molar-refractivity contribution in [1.82, 2.24) is 4.98 Å². The van der Waals surface area contributed by atoms with Gasteiger partial charge in [0.25, 0.3) is 5.91 Å². The summed E-state index contributed by atoms with van der Waals surface area (Å²) in [5.41, 5.74) is 2.47. The lowest BCUT2D eigenvalue weighted by Gasteiger charge is -2.08. The molecule has 0 aliphatic carbocycles. The highest BCUT2D eigenvalue weighted by Crippen LogP contribution is 2.20. The van der Waals surface area contributed by atoms with E-state index in [0.717, 1.165) is 12.1 Å². The van der Waals surface area contributed by atoms with Crippen LogP contribution in [-0.4, -0.2) is 10.9 Å². The molecule has 0 aliphatic heterocycles. The number of anilines is 2. The minimum absolute atomic E-state index is 0.145. The normalized spacial score (nSPS) is 10.2. The van der Waals surface area contributed by atoms with Crippen molar-refractivity contribution in [2.24, 2.45) is 5.84 Å². The average Bonchev–Trinajstić information content (AvgIpc) is 2.38. The fraction of sp³-hybridized carbons (Fsp3) is 0.0769. The molecule has 1 amide bonds. The Morgan fingerprint density at radius 1 is 1.25 bits per heavy atom. The third kappa shape index (κ3) is 2.89. The maximum absolute atomic E-state index is 13.5. The largest absolute Gasteiger partial charge is 0.322 e. The van der Waals surface area contributed by atoms with Crippen LogP contribution in [0, 0.1) is 18.6 Å². The van der Waals surface area contributed by atoms with E-state index in [9.17, 15) is 13.6 Å². The van der Waals surface area contributed by atoms with Gasteiger partial charge in [0.2, 0.25) is 0 Å². The Balaban J connectivity index is 2.26. The van der Waals surface area contributed by atoms with E-state index in [0.29, 0.717) is 11.4 Å². The Labute approximate surface area is 113 Å². The molecule has 1 aromatic carbocycles. The molecule has 20 heavy (non-hydrogen) atoms. The van der Waals surface area contributed by atoms with Crippen LogP contribution in [0.1, 0.15) is 16.1 Å². The zero-order valence-electron chi connectivity index (χ0n) is 10.6. The lowest BCUT2D eigenvalue weighted by Crippen LogP contribution is -2.15. The number of pyridine rings is 1. The lowest BCUT2D eigenvalue weighted by atomic mass is 10.1. The van der Waals surface area contributed by atoms with E-state index >= 15 is 0 Å². The first-order valence-corrected chi connectivity index (χ1v) is 5.71. The highest BCUT2D eigenvalue weighted by molar-refractivity contribution is 6.04. The Hall–Kier alpha value is -2.54. The van der Waals surface area contributed by atoms with Gasteiger partial charge >= 0.3 is 0 Å². The molecule has 0 atom stereocenters. The number of amides is 1. The summed E-state index contributed by atoms with van der Waals surface area (Å²) in [7, 11) is 0. The molecule has 2 rings (SSSR count). The van der Waals surface area contributed by atoms with Crippen molar-refractivity contribution in [2.75, 3.05) is 10.7 Å². The maximum atomic E-state index is 13.5. The average molecular weight is 278 g/mol. The van der Waals surface area contributed by atoms with Crippen LogP contribution >= 0.6 is 0 Å². The van der Waals surface area contributed by atoms with Gasteiger partial charge in [-0.3, -0.25) is 15.6 Å². The number of hydrogen-bond donors (Lipinski definition) is 3. The first-order valence-electron chi connectivity index (χ1n) is 5.71. The highest BCUT2D eigenvalue weighted by Gasteiger charge is 2.14. The Kier molecular flexibility index (Phi) is 3.90. The summed E-state index contributed by atoms with van der Waals surface area (Å²) in [5, 5.41) is 2.53. The van der Waals surface area contributed by atoms with Crippen molar-refractivity contribution in [3.05, 3.63) is 53.4 Å². The van der Waals surface area contributed by atoms with Gasteiger partial charge in [-0.25, -0.2) is 8.78 Å². The van der Waals surface area contributed by atoms with Crippen LogP contribution in [0.3, 0.4) is 0 Å². The predicted molar refractivity (Wildman–Crippen MR) is 71.1 cm³/mol. The van der Waals surface area contributed by atoms with Gasteiger partial charge in [-0.15, -0.1) is 0 Å². The molecule has 1 heterocycles. The van der Waals surface area contributed by atoms with Crippen molar-refractivity contribution in [1.29, 1.82) is 0 Å². The molecule has 0 aliphatic rings. The molecule has 0 unspecified atom stereocenters. The van der Waals surface area contributed by atoms with E-state index in [2.05, 4.69) is 10.3 Å². The second-order valence-corrected chi connectivity index (χ2v) is 4.10. The first kappa shape index (κ1) is 13.9. The fourth-order valence-corrected chi connectivity index (χ4v) is 1.67. The Morgan fingerprint density at radius 3 is 2.45 bits per heavy atom. The number of nitrogen functional groups attached to an aromatic ring is 1. The smallest absolute Gasteiger partial charge is 0.255 e. The van der Waals surface area contributed by atoms with Crippen molar-refractivity contribution >= 4 is 17.3 Å². The SMILES string of the molecule is Cc1cc(NC(=O)c2cc(F)c(NN)c(F)c2)ccn1. The van der Waals surface area contributed by atoms with E-state index in [1.165, 1.54) is 6.20 Å². The molecule has 0 saturated heterocycles. The summed E-state index contributed by atoms with van der Waals surface area (Å²) in [6, 6.07) is 5.02. The zero-order valence-corrected chi connectivity index (χ0v) is 10.6. The minimum atomic E-state index is -0.941. The molecular weight excluding hydrogens is 266 g/mol. The second kappa shape index (κ2) is 5.62. The summed E-state index contributed by atoms with van der Waals surface area (Å²) in [6.45, 7) is 1.76. The van der Waals surface area contributed by atoms with Crippen molar-refractivity contribution in [3.8, 4) is 0 Å². The number of benzene rings is 1. The van der Waals surface area contributed by atoms with E-state index in [1.807, 2.05) is 5.43 Å². The monoisotopic (exact) mass is 278 g/mol. The standard InChI is InChI=1S/C13H12F2N4O/c1-7-4-9(2-3-17-7)18-13(20)8-5-10(14)12(19-16)11(15)6-8/h2-6,19H,16H2,1H3,(H,17,18,20). The summed E-state index contributed by atoms with van der Waals surface area (Å²) in [4.78, 5) is 15.9. The number of hydrogen-bond acceptors (Lipinski definition) is 4. The van der Waals surface area contributed by atoms with Crippen LogP contribution in [0.5, 0.6) is 0 Å². The number of hydrazine groups is 1. The molecule has 104 valence electrons. The van der Waals surface area contributed by atoms with Crippen molar-refractivity contribution < 1.29 is 13.6 Å². The third-order valence-corrected chi connectivity index (χ3v) is 2.60. The van der Waals surface area contributed by atoms with Gasteiger partial charge < -0.3 is 10.7 Å². The van der Waals surface area contributed by atoms with Gasteiger partial charge in [0.05, 0.1) is 0 Å². The number of carbonyl (C=O) groups is 1. The molecule has 0 fully saturated rings. The molecular formula is C13H12F2N4O. The van der Waals surface area contributed by atoms with Gasteiger partial charge in [0.15, 0.2) is 11.6 Å². The number of aryl methyl sites for hydroxylation is 1. The van der Waals surface area contributed by atoms with Crippen LogP contribution in [0.2, 0.25) is 0 Å². The molecule has 2 aromatic rings. The van der Waals surface area contributed by atoms with Crippen LogP contribution in [-0.2, 0) is 0 Å². The fourth-order valence-electron chi connectivity index (χ4n) is 1.67. The third-order valence-electron chi connectivity index (χ3n) is 2.60. The molecule has 0 radical (unpaired) electrons. The van der Waals surface area contributed by atoms with E-state index in [-0.39, 0.29) is 5.56 Å². The molecule has 0 spiro atoms. The van der Waals surface area contributed by atoms with Crippen LogP contribution < -0.4 is 16.6 Å². The predicted octanol–water partition coefficient (Wildman–Crippen LogP) is 2.21. The van der Waals surface area contributed by atoms with Gasteiger partial charge in [0.1, 0.15) is 5.69 Å². The molecule has 7 heteroatoms. The number of nitrogens with one attached hydrogen (secondary N) is 2. The summed E-state index contributed by atoms with van der Waals surface area (Å²) in [5.74, 6) is 2.47. The molecule has 1 aromatic heterocycles. The Bertz CT molecular complexity index is 638. The molecule has 0 bridgehead atoms. The van der Waals surface area contributed by atoms with E-state index in [4.69, 9.17) is 5.84 Å². The summed E-state index contributed by atoms with van der Waals surface area (Å²) in [6.07, 6.45) is 1.52. The van der Waals surface area contributed by atoms with Gasteiger partial charge in [-0.1, -0.05) is 0 Å². The Morgan fingerprint density at radius 2 is 1.90 bits per heavy atom. The number of carbonyl (C=O) groups excluding carboxylic acids is 1. The number of nitrogens with two attached hydrogens (primary N) is 1. The number of nitrogens with zero attached hydrogens (tertiary/aromatic N) is 1. The zero-order chi connectivity index (χ0) is 14.7. The number of halogens is 2. The van der Waals surface area contributed by atoms with Gasteiger partial charge in [-0.2, -0.15) is 0 Å². The molecule has 0 saturated carbocycles. The van der Waals surface area contributed by atoms with Crippen LogP contribution in [0.15, 0.2) is 30.5 Å². The van der Waals surface area contributed by atoms with Crippen LogP contribution in [0.25, 0.3) is 0 Å². The van der Waals surface area contributed by atoms with Crippen molar-refractivity contribution in [2.45, 2.75) is 6.92 Å². The van der Waals surface area contributed by atoms with E-state index in [1.54, 1.807) is 19.1 Å². The van der Waals surface area contributed by atoms with Crippen molar-refractivity contribution in [3.63, 3.8) is 0 Å². The quantitative estimate of drug-likeness (QED) is 0.594. The maximum Gasteiger partial charge on any atom is 0.255 e. The van der Waals surface area contributed by atoms with E-state index < -0.39 is 23.2 Å². The topological polar surface area (TPSA) is 80.0 Å². The summed E-state index contributed by atoms with van der Waals surface area (Å²) < 4.78 is 27.0. The molecule has 5 nitrogen and oxygen atoms in total. The number of aromatic nitrogens is 1. The second-order valence-electron chi connectivity index (χ2n) is 4.10. The first-order chi connectivity index (χ1) is 9.51. The minimum Gasteiger partial charge on any atom is -0.322 e.